The highest BCUT2D eigenvalue weighted by Crippen LogP contribution is 2.12. The summed E-state index contributed by atoms with van der Waals surface area (Å²) in [5.41, 5.74) is 5.69. The molecule has 0 aromatic rings. The second-order valence-corrected chi connectivity index (χ2v) is 3.52. The van der Waals surface area contributed by atoms with E-state index in [1.165, 1.54) is 0 Å². The highest BCUT2D eigenvalue weighted by Gasteiger charge is 2.30. The van der Waals surface area contributed by atoms with Gasteiger partial charge in [0.15, 0.2) is 0 Å². The van der Waals surface area contributed by atoms with E-state index in [0.717, 1.165) is 39.5 Å². The molecule has 0 unspecified atom stereocenters. The van der Waals surface area contributed by atoms with Gasteiger partial charge < -0.3 is 15.2 Å². The molecule has 2 N–H and O–H groups in total. The number of hydrogen-bond acceptors (Lipinski definition) is 4. The highest BCUT2D eigenvalue weighted by atomic mass is 16.5. The van der Waals surface area contributed by atoms with Crippen LogP contribution in [0.5, 0.6) is 0 Å². The Kier molecular flexibility index (Phi) is 2.60. The Hall–Kier alpha value is -0.160. The van der Waals surface area contributed by atoms with Gasteiger partial charge >= 0.3 is 0 Å². The SMILES string of the molecule is NC1CN(C2COCCOC2)C1. The molecule has 0 amide bonds. The first kappa shape index (κ1) is 8.44. The molecule has 0 spiro atoms. The molecule has 2 fully saturated rings. The first-order chi connectivity index (χ1) is 5.86. The number of rotatable bonds is 1. The molecule has 0 saturated carbocycles. The number of likely N-dealkylation sites (tertiary alicyclic amines) is 1. The molecule has 0 bridgehead atoms. The van der Waals surface area contributed by atoms with Crippen LogP contribution in [0, 0.1) is 0 Å². The van der Waals surface area contributed by atoms with Gasteiger partial charge in [0.25, 0.3) is 0 Å². The van der Waals surface area contributed by atoms with Crippen molar-refractivity contribution >= 4 is 0 Å². The maximum atomic E-state index is 5.69. The first-order valence-electron chi connectivity index (χ1n) is 4.51. The molecule has 0 aromatic carbocycles. The van der Waals surface area contributed by atoms with Crippen LogP contribution in [-0.2, 0) is 9.47 Å². The van der Waals surface area contributed by atoms with Gasteiger partial charge in [0.2, 0.25) is 0 Å². The highest BCUT2D eigenvalue weighted by molar-refractivity contribution is 4.88. The number of nitrogens with zero attached hydrogens (tertiary/aromatic N) is 1. The van der Waals surface area contributed by atoms with Crippen molar-refractivity contribution in [3.63, 3.8) is 0 Å². The van der Waals surface area contributed by atoms with E-state index in [9.17, 15) is 0 Å². The van der Waals surface area contributed by atoms with Gasteiger partial charge in [0.05, 0.1) is 32.5 Å². The average Bonchev–Trinajstić information content (AvgIpc) is 2.26. The molecule has 2 aliphatic rings. The van der Waals surface area contributed by atoms with E-state index in [0.29, 0.717) is 12.1 Å². The van der Waals surface area contributed by atoms with E-state index >= 15 is 0 Å². The van der Waals surface area contributed by atoms with Crippen LogP contribution in [0.4, 0.5) is 0 Å². The van der Waals surface area contributed by atoms with Gasteiger partial charge in [-0.15, -0.1) is 0 Å². The number of nitrogens with two attached hydrogens (primary N) is 1. The fourth-order valence-corrected chi connectivity index (χ4v) is 1.66. The molecule has 4 nitrogen and oxygen atoms in total. The number of ether oxygens (including phenoxy) is 2. The average molecular weight is 172 g/mol. The summed E-state index contributed by atoms with van der Waals surface area (Å²) >= 11 is 0. The van der Waals surface area contributed by atoms with Crippen molar-refractivity contribution in [2.75, 3.05) is 39.5 Å². The topological polar surface area (TPSA) is 47.7 Å². The minimum atomic E-state index is 0.369. The smallest absolute Gasteiger partial charge is 0.0701 e. The molecule has 0 aliphatic carbocycles. The maximum absolute atomic E-state index is 5.69. The Bertz CT molecular complexity index is 140. The zero-order chi connectivity index (χ0) is 8.39. The third-order valence-corrected chi connectivity index (χ3v) is 2.45. The van der Waals surface area contributed by atoms with Gasteiger partial charge in [0, 0.05) is 19.1 Å². The van der Waals surface area contributed by atoms with Gasteiger partial charge in [-0.25, -0.2) is 0 Å². The molecule has 2 heterocycles. The van der Waals surface area contributed by atoms with Crippen LogP contribution in [0.15, 0.2) is 0 Å². The third-order valence-electron chi connectivity index (χ3n) is 2.45. The summed E-state index contributed by atoms with van der Waals surface area (Å²) in [5.74, 6) is 0. The van der Waals surface area contributed by atoms with Crippen molar-refractivity contribution in [3.8, 4) is 0 Å². The monoisotopic (exact) mass is 172 g/mol. The first-order valence-corrected chi connectivity index (χ1v) is 4.51. The van der Waals surface area contributed by atoms with E-state index in [1.807, 2.05) is 0 Å². The van der Waals surface area contributed by atoms with E-state index in [-0.39, 0.29) is 0 Å². The van der Waals surface area contributed by atoms with Crippen molar-refractivity contribution in [1.29, 1.82) is 0 Å². The largest absolute Gasteiger partial charge is 0.377 e. The summed E-state index contributed by atoms with van der Waals surface area (Å²) in [5, 5.41) is 0. The van der Waals surface area contributed by atoms with E-state index in [1.54, 1.807) is 0 Å². The summed E-state index contributed by atoms with van der Waals surface area (Å²) in [6.07, 6.45) is 0. The molecule has 0 atom stereocenters. The minimum Gasteiger partial charge on any atom is -0.377 e. The van der Waals surface area contributed by atoms with Gasteiger partial charge in [-0.3, -0.25) is 4.90 Å². The lowest BCUT2D eigenvalue weighted by atomic mass is 10.1. The van der Waals surface area contributed by atoms with Crippen LogP contribution in [0.1, 0.15) is 0 Å². The molecule has 70 valence electrons. The molecule has 2 saturated heterocycles. The van der Waals surface area contributed by atoms with E-state index in [2.05, 4.69) is 4.90 Å². The van der Waals surface area contributed by atoms with Crippen LogP contribution in [0.25, 0.3) is 0 Å². The van der Waals surface area contributed by atoms with Crippen molar-refractivity contribution < 1.29 is 9.47 Å². The fraction of sp³-hybridized carbons (Fsp3) is 1.00. The summed E-state index contributed by atoms with van der Waals surface area (Å²) in [6.45, 7) is 5.06. The van der Waals surface area contributed by atoms with Crippen LogP contribution in [0.2, 0.25) is 0 Å². The summed E-state index contributed by atoms with van der Waals surface area (Å²) in [6, 6.07) is 0.806. The van der Waals surface area contributed by atoms with Gasteiger partial charge in [-0.05, 0) is 0 Å². The van der Waals surface area contributed by atoms with Crippen molar-refractivity contribution in [2.24, 2.45) is 5.73 Å². The Balaban J connectivity index is 1.78. The number of hydrogen-bond donors (Lipinski definition) is 1. The normalized spacial score (nSPS) is 29.8. The van der Waals surface area contributed by atoms with Crippen LogP contribution in [0.3, 0.4) is 0 Å². The van der Waals surface area contributed by atoms with Crippen molar-refractivity contribution in [1.82, 2.24) is 4.90 Å². The Labute approximate surface area is 72.6 Å². The summed E-state index contributed by atoms with van der Waals surface area (Å²) < 4.78 is 10.8. The Morgan fingerprint density at radius 1 is 1.08 bits per heavy atom. The molecular weight excluding hydrogens is 156 g/mol. The molecule has 2 aliphatic heterocycles. The van der Waals surface area contributed by atoms with Gasteiger partial charge in [-0.2, -0.15) is 0 Å². The van der Waals surface area contributed by atoms with Crippen molar-refractivity contribution in [3.05, 3.63) is 0 Å². The van der Waals surface area contributed by atoms with Crippen LogP contribution < -0.4 is 5.73 Å². The predicted octanol–water partition coefficient (Wildman–Crippen LogP) is -0.955. The van der Waals surface area contributed by atoms with Crippen LogP contribution >= 0.6 is 0 Å². The van der Waals surface area contributed by atoms with Gasteiger partial charge in [-0.1, -0.05) is 0 Å². The Morgan fingerprint density at radius 2 is 1.67 bits per heavy atom. The summed E-state index contributed by atoms with van der Waals surface area (Å²) in [7, 11) is 0. The fourth-order valence-electron chi connectivity index (χ4n) is 1.66. The van der Waals surface area contributed by atoms with Crippen molar-refractivity contribution in [2.45, 2.75) is 12.1 Å². The van der Waals surface area contributed by atoms with E-state index < -0.39 is 0 Å². The molecular formula is C8H16N2O2. The lowest BCUT2D eigenvalue weighted by Gasteiger charge is -2.41. The third kappa shape index (κ3) is 1.77. The van der Waals surface area contributed by atoms with Gasteiger partial charge in [0.1, 0.15) is 0 Å². The molecule has 2 rings (SSSR count). The minimum absolute atomic E-state index is 0.369. The molecule has 0 radical (unpaired) electrons. The standard InChI is InChI=1S/C8H16N2O2/c9-7-3-10(4-7)8-5-11-1-2-12-6-8/h7-8H,1-6,9H2. The Morgan fingerprint density at radius 3 is 2.17 bits per heavy atom. The quantitative estimate of drug-likeness (QED) is 0.553. The van der Waals surface area contributed by atoms with E-state index in [4.69, 9.17) is 15.2 Å². The lowest BCUT2D eigenvalue weighted by molar-refractivity contribution is 0.0216. The van der Waals surface area contributed by atoms with Crippen LogP contribution in [-0.4, -0.2) is 56.5 Å². The molecule has 12 heavy (non-hydrogen) atoms. The predicted molar refractivity (Wildman–Crippen MR) is 45.0 cm³/mol. The summed E-state index contributed by atoms with van der Waals surface area (Å²) in [4.78, 5) is 2.33. The zero-order valence-corrected chi connectivity index (χ0v) is 7.24. The lowest BCUT2D eigenvalue weighted by Crippen LogP contribution is -2.61. The second-order valence-electron chi connectivity index (χ2n) is 3.52. The maximum Gasteiger partial charge on any atom is 0.0701 e. The molecule has 4 heteroatoms. The second kappa shape index (κ2) is 3.70. The molecule has 0 aromatic heterocycles. The zero-order valence-electron chi connectivity index (χ0n) is 7.24.